The van der Waals surface area contributed by atoms with Crippen LogP contribution in [0, 0.1) is 12.8 Å². The molecule has 1 saturated carbocycles. The normalized spacial score (nSPS) is 25.8. The van der Waals surface area contributed by atoms with Crippen LogP contribution in [0.3, 0.4) is 0 Å². The van der Waals surface area contributed by atoms with E-state index in [-0.39, 0.29) is 11.8 Å². The molecular weight excluding hydrogens is 344 g/mol. The number of aromatic nitrogens is 1. The average Bonchev–Trinajstić information content (AvgIpc) is 3.09. The van der Waals surface area contributed by atoms with Crippen molar-refractivity contribution in [2.45, 2.75) is 51.0 Å². The standard InChI is InChI=1S/C21H26N2O2S/c1-15-5-4-6-16(11-15)20-22-18(14-26-20)12-19(24)23-10-9-21(25)8-3-2-7-17(21)13-23/h4-6,11,14,17,25H,2-3,7-10,12-13H2,1H3/t17-,21-/m1/s1. The van der Waals surface area contributed by atoms with Gasteiger partial charge in [0.25, 0.3) is 0 Å². The SMILES string of the molecule is Cc1cccc(-c2nc(CC(=O)N3CC[C@]4(O)CCCC[C@@H]4C3)cs2)c1. The van der Waals surface area contributed by atoms with Crippen molar-refractivity contribution in [3.05, 3.63) is 40.9 Å². The van der Waals surface area contributed by atoms with Gasteiger partial charge in [0, 0.05) is 30.0 Å². The van der Waals surface area contributed by atoms with Crippen molar-refractivity contribution in [3.63, 3.8) is 0 Å². The number of piperidine rings is 1. The molecule has 0 spiro atoms. The first kappa shape index (κ1) is 17.7. The third-order valence-electron chi connectivity index (χ3n) is 5.93. The molecule has 2 aliphatic rings. The average molecular weight is 371 g/mol. The Morgan fingerprint density at radius 2 is 2.27 bits per heavy atom. The molecule has 4 nitrogen and oxygen atoms in total. The van der Waals surface area contributed by atoms with E-state index in [4.69, 9.17) is 0 Å². The molecular formula is C21H26N2O2S. The number of nitrogens with zero attached hydrogens (tertiary/aromatic N) is 2. The van der Waals surface area contributed by atoms with Crippen LogP contribution < -0.4 is 0 Å². The summed E-state index contributed by atoms with van der Waals surface area (Å²) in [5.74, 6) is 0.381. The fraction of sp³-hybridized carbons (Fsp3) is 0.524. The predicted molar refractivity (Wildman–Crippen MR) is 104 cm³/mol. The van der Waals surface area contributed by atoms with Crippen LogP contribution in [0.4, 0.5) is 0 Å². The quantitative estimate of drug-likeness (QED) is 0.894. The monoisotopic (exact) mass is 370 g/mol. The molecule has 2 fully saturated rings. The Morgan fingerprint density at radius 3 is 3.12 bits per heavy atom. The number of rotatable bonds is 3. The van der Waals surface area contributed by atoms with E-state index in [2.05, 4.69) is 30.1 Å². The first-order valence-corrected chi connectivity index (χ1v) is 10.4. The second kappa shape index (κ2) is 7.12. The highest BCUT2D eigenvalue weighted by Gasteiger charge is 2.43. The summed E-state index contributed by atoms with van der Waals surface area (Å²) in [6.07, 6.45) is 5.28. The highest BCUT2D eigenvalue weighted by atomic mass is 32.1. The zero-order chi connectivity index (χ0) is 18.1. The van der Waals surface area contributed by atoms with Crippen LogP contribution in [0.15, 0.2) is 29.6 Å². The van der Waals surface area contributed by atoms with E-state index >= 15 is 0 Å². The third kappa shape index (κ3) is 3.55. The molecule has 1 saturated heterocycles. The summed E-state index contributed by atoms with van der Waals surface area (Å²) in [4.78, 5) is 19.4. The van der Waals surface area contributed by atoms with Crippen molar-refractivity contribution in [1.29, 1.82) is 0 Å². The summed E-state index contributed by atoms with van der Waals surface area (Å²) < 4.78 is 0. The van der Waals surface area contributed by atoms with Crippen LogP contribution in [0.1, 0.15) is 43.4 Å². The van der Waals surface area contributed by atoms with Gasteiger partial charge in [-0.05, 0) is 32.3 Å². The van der Waals surface area contributed by atoms with Gasteiger partial charge in [0.15, 0.2) is 0 Å². The number of fused-ring (bicyclic) bond motifs is 1. The molecule has 26 heavy (non-hydrogen) atoms. The fourth-order valence-corrected chi connectivity index (χ4v) is 5.18. The number of carbonyl (C=O) groups excluding carboxylic acids is 1. The minimum absolute atomic E-state index is 0.138. The van der Waals surface area contributed by atoms with E-state index in [1.165, 1.54) is 12.0 Å². The van der Waals surface area contributed by atoms with Gasteiger partial charge in [-0.2, -0.15) is 0 Å². The first-order valence-electron chi connectivity index (χ1n) is 9.55. The van der Waals surface area contributed by atoms with Gasteiger partial charge in [-0.15, -0.1) is 11.3 Å². The van der Waals surface area contributed by atoms with Gasteiger partial charge in [-0.3, -0.25) is 4.79 Å². The number of likely N-dealkylation sites (tertiary alicyclic amines) is 1. The van der Waals surface area contributed by atoms with E-state index < -0.39 is 5.60 Å². The lowest BCUT2D eigenvalue weighted by Gasteiger charge is -2.47. The third-order valence-corrected chi connectivity index (χ3v) is 6.87. The number of hydrogen-bond acceptors (Lipinski definition) is 4. The van der Waals surface area contributed by atoms with Gasteiger partial charge in [0.1, 0.15) is 5.01 Å². The molecule has 5 heteroatoms. The molecule has 2 aromatic rings. The highest BCUT2D eigenvalue weighted by Crippen LogP contribution is 2.39. The smallest absolute Gasteiger partial charge is 0.228 e. The van der Waals surface area contributed by atoms with Crippen LogP contribution in [0.5, 0.6) is 0 Å². The summed E-state index contributed by atoms with van der Waals surface area (Å²) >= 11 is 1.60. The molecule has 2 heterocycles. The second-order valence-electron chi connectivity index (χ2n) is 7.83. The first-order chi connectivity index (χ1) is 12.5. The zero-order valence-electron chi connectivity index (χ0n) is 15.3. The molecule has 0 unspecified atom stereocenters. The lowest BCUT2D eigenvalue weighted by atomic mass is 9.71. The summed E-state index contributed by atoms with van der Waals surface area (Å²) in [6, 6.07) is 8.30. The van der Waals surface area contributed by atoms with Crippen LogP contribution >= 0.6 is 11.3 Å². The molecule has 138 valence electrons. The molecule has 1 aliphatic carbocycles. The maximum Gasteiger partial charge on any atom is 0.228 e. The Balaban J connectivity index is 1.41. The number of aliphatic hydroxyl groups is 1. The van der Waals surface area contributed by atoms with Crippen molar-refractivity contribution in [3.8, 4) is 10.6 Å². The van der Waals surface area contributed by atoms with Crippen molar-refractivity contribution < 1.29 is 9.90 Å². The van der Waals surface area contributed by atoms with Crippen LogP contribution in [0.25, 0.3) is 10.6 Å². The van der Waals surface area contributed by atoms with Gasteiger partial charge in [0.2, 0.25) is 5.91 Å². The molecule has 0 bridgehead atoms. The number of carbonyl (C=O) groups is 1. The second-order valence-corrected chi connectivity index (χ2v) is 8.68. The predicted octanol–water partition coefficient (Wildman–Crippen LogP) is 3.81. The van der Waals surface area contributed by atoms with Crippen molar-refractivity contribution in [2.75, 3.05) is 13.1 Å². The zero-order valence-corrected chi connectivity index (χ0v) is 16.1. The number of aryl methyl sites for hydroxylation is 1. The number of benzene rings is 1. The van der Waals surface area contributed by atoms with E-state index in [1.807, 2.05) is 16.3 Å². The number of thiazole rings is 1. The van der Waals surface area contributed by atoms with Crippen molar-refractivity contribution >= 4 is 17.2 Å². The topological polar surface area (TPSA) is 53.4 Å². The lowest BCUT2D eigenvalue weighted by molar-refractivity contribution is -0.142. The Labute approximate surface area is 158 Å². The Hall–Kier alpha value is -1.72. The summed E-state index contributed by atoms with van der Waals surface area (Å²) in [7, 11) is 0. The number of amides is 1. The summed E-state index contributed by atoms with van der Waals surface area (Å²) in [6.45, 7) is 3.44. The molecule has 1 aliphatic heterocycles. The van der Waals surface area contributed by atoms with Crippen LogP contribution in [0.2, 0.25) is 0 Å². The largest absolute Gasteiger partial charge is 0.389 e. The van der Waals surface area contributed by atoms with E-state index in [1.54, 1.807) is 11.3 Å². The Kier molecular flexibility index (Phi) is 4.84. The fourth-order valence-electron chi connectivity index (χ4n) is 4.36. The molecule has 1 N–H and O–H groups in total. The van der Waals surface area contributed by atoms with Gasteiger partial charge in [-0.1, -0.05) is 36.6 Å². The summed E-state index contributed by atoms with van der Waals surface area (Å²) in [5.41, 5.74) is 2.64. The minimum Gasteiger partial charge on any atom is -0.389 e. The van der Waals surface area contributed by atoms with Gasteiger partial charge in [0.05, 0.1) is 17.7 Å². The highest BCUT2D eigenvalue weighted by molar-refractivity contribution is 7.13. The molecule has 1 aromatic heterocycles. The molecule has 0 radical (unpaired) electrons. The van der Waals surface area contributed by atoms with Gasteiger partial charge >= 0.3 is 0 Å². The van der Waals surface area contributed by atoms with E-state index in [0.29, 0.717) is 19.5 Å². The van der Waals surface area contributed by atoms with Gasteiger partial charge in [-0.25, -0.2) is 4.98 Å². The molecule has 1 amide bonds. The minimum atomic E-state index is -0.534. The molecule has 2 atom stereocenters. The van der Waals surface area contributed by atoms with Crippen molar-refractivity contribution in [1.82, 2.24) is 9.88 Å². The molecule has 1 aromatic carbocycles. The Bertz CT molecular complexity index is 803. The molecule has 4 rings (SSSR count). The summed E-state index contributed by atoms with van der Waals surface area (Å²) in [5, 5.41) is 13.7. The van der Waals surface area contributed by atoms with E-state index in [0.717, 1.165) is 41.9 Å². The van der Waals surface area contributed by atoms with Gasteiger partial charge < -0.3 is 10.0 Å². The van der Waals surface area contributed by atoms with E-state index in [9.17, 15) is 9.90 Å². The maximum atomic E-state index is 12.8. The Morgan fingerprint density at radius 1 is 1.38 bits per heavy atom. The van der Waals surface area contributed by atoms with Crippen LogP contribution in [-0.4, -0.2) is 39.6 Å². The van der Waals surface area contributed by atoms with Crippen molar-refractivity contribution in [2.24, 2.45) is 5.92 Å². The van der Waals surface area contributed by atoms with Crippen LogP contribution in [-0.2, 0) is 11.2 Å². The number of hydrogen-bond donors (Lipinski definition) is 1. The maximum absolute atomic E-state index is 12.8. The lowest BCUT2D eigenvalue weighted by Crippen LogP contribution is -2.54.